The fourth-order valence-corrected chi connectivity index (χ4v) is 12.8. The summed E-state index contributed by atoms with van der Waals surface area (Å²) in [5.41, 5.74) is 4.31. The maximum atomic E-state index is 12.6. The Hall–Kier alpha value is -4.74. The van der Waals surface area contributed by atoms with Crippen molar-refractivity contribution in [3.8, 4) is 5.75 Å². The maximum absolute atomic E-state index is 12.6. The minimum atomic E-state index is -0.459. The summed E-state index contributed by atoms with van der Waals surface area (Å²) in [5.74, 6) is 3.77. The molecule has 0 aliphatic heterocycles. The Morgan fingerprint density at radius 3 is 1.07 bits per heavy atom. The third kappa shape index (κ3) is 41.3. The van der Waals surface area contributed by atoms with Crippen LogP contribution in [0.5, 0.6) is 5.75 Å². The minimum Gasteiger partial charge on any atom is -0.465 e. The van der Waals surface area contributed by atoms with Gasteiger partial charge in [-0.3, -0.25) is 28.8 Å². The van der Waals surface area contributed by atoms with Crippen LogP contribution in [0.15, 0.2) is 42.5 Å². The van der Waals surface area contributed by atoms with E-state index in [4.69, 9.17) is 28.4 Å². The summed E-state index contributed by atoms with van der Waals surface area (Å²) in [7, 11) is 0. The van der Waals surface area contributed by atoms with E-state index in [0.717, 1.165) is 83.0 Å². The molecule has 2 aromatic rings. The first-order valence-electron chi connectivity index (χ1n) is 46.2. The molecular formula is C105H190O12. The Labute approximate surface area is 723 Å². The van der Waals surface area contributed by atoms with Crippen LogP contribution in [0.1, 0.15) is 455 Å². The molecule has 0 radical (unpaired) electrons. The van der Waals surface area contributed by atoms with Gasteiger partial charge in [0, 0.05) is 5.92 Å². The van der Waals surface area contributed by atoms with Crippen LogP contribution in [0.2, 0.25) is 0 Å². The third-order valence-electron chi connectivity index (χ3n) is 26.5. The van der Waals surface area contributed by atoms with Crippen LogP contribution < -0.4 is 4.74 Å². The Morgan fingerprint density at radius 2 is 0.735 bits per heavy atom. The van der Waals surface area contributed by atoms with E-state index in [2.05, 4.69) is 203 Å². The predicted octanol–water partition coefficient (Wildman–Crippen LogP) is 30.1. The van der Waals surface area contributed by atoms with Crippen molar-refractivity contribution in [1.82, 2.24) is 0 Å². The second-order valence-corrected chi connectivity index (χ2v) is 46.7. The summed E-state index contributed by atoms with van der Waals surface area (Å²) in [6.07, 6.45) is 18.9. The second-order valence-electron chi connectivity index (χ2n) is 46.7. The molecule has 0 aromatic heterocycles. The molecule has 3 aliphatic rings. The van der Waals surface area contributed by atoms with Gasteiger partial charge < -0.3 is 28.4 Å². The Kier molecular flexibility index (Phi) is 46.7. The van der Waals surface area contributed by atoms with Gasteiger partial charge in [0.2, 0.25) is 0 Å². The first-order valence-corrected chi connectivity index (χ1v) is 46.2. The van der Waals surface area contributed by atoms with Gasteiger partial charge in [-0.1, -0.05) is 258 Å². The zero-order valence-electron chi connectivity index (χ0n) is 85.1. The molecule has 0 bridgehead atoms. The van der Waals surface area contributed by atoms with Crippen LogP contribution in [0.3, 0.4) is 0 Å². The summed E-state index contributed by atoms with van der Waals surface area (Å²) < 4.78 is 33.5. The molecule has 0 amide bonds. The number of carbonyl (C=O) groups excluding carboxylic acids is 6. The SMILES string of the molecule is CCC(C)(C)C(=O)OC(C)C(C)(C)C.CCC(C)(C)C(=O)OC1CC(C)C(C(C)(C)C)CC1C(C)(C)C.CCC(C)(C)C(=O)OC1CCC(C(C)(C)C)CC1.CCC(C)(C)C(=O)OC1CCCCC1.CCC(C)(C)C(=O)OCC(C)C.CCC(C)(C)C(=O)Oc1cc(C(C)(C)C)cc(C(C)(C)C)c1.CCC(C)(C)c1ccc(C(C)C)cc1. The summed E-state index contributed by atoms with van der Waals surface area (Å²) in [6, 6.07) is 15.3. The molecule has 5 rings (SSSR count). The van der Waals surface area contributed by atoms with Crippen molar-refractivity contribution in [3.05, 3.63) is 64.7 Å². The fraction of sp³-hybridized carbons (Fsp3) is 0.829. The molecule has 3 saturated carbocycles. The highest BCUT2D eigenvalue weighted by atomic mass is 16.6. The van der Waals surface area contributed by atoms with Gasteiger partial charge in [-0.2, -0.15) is 0 Å². The molecule has 0 heterocycles. The normalized spacial score (nSPS) is 19.2. The lowest BCUT2D eigenvalue weighted by atomic mass is 9.58. The van der Waals surface area contributed by atoms with E-state index in [1.165, 1.54) is 60.8 Å². The van der Waals surface area contributed by atoms with E-state index in [9.17, 15) is 28.8 Å². The molecular weight excluding hydrogens is 1450 g/mol. The average Bonchev–Trinajstić information content (AvgIpc) is 0.785. The van der Waals surface area contributed by atoms with Crippen LogP contribution >= 0.6 is 0 Å². The van der Waals surface area contributed by atoms with Crippen LogP contribution in [0, 0.1) is 83.7 Å². The van der Waals surface area contributed by atoms with E-state index in [0.29, 0.717) is 58.2 Å². The van der Waals surface area contributed by atoms with E-state index >= 15 is 0 Å². The number of esters is 6. The standard InChI is InChI=1S/C21H40O2.C20H32O2.C16H30O2.C14H22.C12H22O2.C12H24O2.C10H20O2/c1-11-21(9,10)18(22)23-17-12-14(2)15(19(3,4)5)13-16(17)20(6,7)8;1-10-20(8,9)17(21)22-16-12-14(18(2,3)4)11-15(13-16)19(5,6)7;1-7-16(5,6)14(17)18-13-10-8-12(9-11-13)15(2,3)4;1-6-14(4,5)13-9-7-12(8-10-13)11(2)3;1-4-12(2,3)11(13)14-10-8-6-5-7-9-10;1-8-12(6,7)10(13)14-9(2)11(3,4)5;1-6-10(4,5)9(11)12-7-8(2)3/h14-17H,11-13H2,1-10H3;11-13H,10H2,1-9H3;12-13H,7-11H2,1-6H3;7-11H,6H2,1-5H3;10H,4-9H2,1-3H3;9H,8H2,1-7H3;8H,6-7H2,1-5H3. The largest absolute Gasteiger partial charge is 0.465 e. The van der Waals surface area contributed by atoms with Gasteiger partial charge in [-0.15, -0.1) is 0 Å². The third-order valence-corrected chi connectivity index (χ3v) is 26.5. The monoisotopic (exact) mass is 1640 g/mol. The van der Waals surface area contributed by atoms with Gasteiger partial charge in [0.1, 0.15) is 30.2 Å². The van der Waals surface area contributed by atoms with Gasteiger partial charge in [-0.25, -0.2) is 0 Å². The van der Waals surface area contributed by atoms with Crippen molar-refractivity contribution in [1.29, 1.82) is 0 Å². The zero-order valence-corrected chi connectivity index (χ0v) is 85.1. The van der Waals surface area contributed by atoms with Gasteiger partial charge in [0.05, 0.1) is 39.1 Å². The van der Waals surface area contributed by atoms with Crippen molar-refractivity contribution in [2.45, 2.75) is 474 Å². The zero-order chi connectivity index (χ0) is 92.3. The molecule has 3 aliphatic carbocycles. The molecule has 0 spiro atoms. The van der Waals surface area contributed by atoms with E-state index in [1.54, 1.807) is 0 Å². The van der Waals surface area contributed by atoms with Crippen molar-refractivity contribution in [2.75, 3.05) is 6.61 Å². The topological polar surface area (TPSA) is 158 Å². The molecule has 682 valence electrons. The number of carbonyl (C=O) groups is 6. The number of rotatable bonds is 22. The summed E-state index contributed by atoms with van der Waals surface area (Å²) in [4.78, 5) is 71.8. The summed E-state index contributed by atoms with van der Waals surface area (Å²) >= 11 is 0. The number of hydrogen-bond acceptors (Lipinski definition) is 12. The highest BCUT2D eigenvalue weighted by Crippen LogP contribution is 2.51. The van der Waals surface area contributed by atoms with Gasteiger partial charge in [0.15, 0.2) is 0 Å². The molecule has 5 unspecified atom stereocenters. The van der Waals surface area contributed by atoms with Crippen molar-refractivity contribution < 1.29 is 57.2 Å². The van der Waals surface area contributed by atoms with Gasteiger partial charge in [0.25, 0.3) is 0 Å². The Morgan fingerprint density at radius 1 is 0.376 bits per heavy atom. The average molecular weight is 1640 g/mol. The summed E-state index contributed by atoms with van der Waals surface area (Å²) in [6.45, 7) is 95.8. The lowest BCUT2D eigenvalue weighted by Gasteiger charge is -2.49. The van der Waals surface area contributed by atoms with Crippen molar-refractivity contribution >= 4 is 35.8 Å². The number of ether oxygens (including phenoxy) is 6. The second kappa shape index (κ2) is 47.8. The lowest BCUT2D eigenvalue weighted by Crippen LogP contribution is -2.47. The van der Waals surface area contributed by atoms with Crippen molar-refractivity contribution in [3.63, 3.8) is 0 Å². The molecule has 117 heavy (non-hydrogen) atoms. The van der Waals surface area contributed by atoms with Gasteiger partial charge >= 0.3 is 35.8 Å². The quantitative estimate of drug-likeness (QED) is 0.0625. The van der Waals surface area contributed by atoms with E-state index in [1.807, 2.05) is 151 Å². The van der Waals surface area contributed by atoms with Crippen LogP contribution in [-0.2, 0) is 68.7 Å². The molecule has 3 fully saturated rings. The van der Waals surface area contributed by atoms with Crippen LogP contribution in [0.25, 0.3) is 0 Å². The van der Waals surface area contributed by atoms with Crippen LogP contribution in [-0.4, -0.2) is 66.8 Å². The predicted molar refractivity (Wildman–Crippen MR) is 497 cm³/mol. The number of hydrogen-bond donors (Lipinski definition) is 0. The van der Waals surface area contributed by atoms with Crippen LogP contribution in [0.4, 0.5) is 0 Å². The molecule has 0 N–H and O–H groups in total. The lowest BCUT2D eigenvalue weighted by molar-refractivity contribution is -0.172. The Balaban J connectivity index is 0. The highest BCUT2D eigenvalue weighted by Gasteiger charge is 2.47. The van der Waals surface area contributed by atoms with Crippen molar-refractivity contribution in [2.24, 2.45) is 83.7 Å². The van der Waals surface area contributed by atoms with E-state index in [-0.39, 0.29) is 109 Å². The van der Waals surface area contributed by atoms with Gasteiger partial charge in [-0.05, 0) is 301 Å². The molecule has 5 atom stereocenters. The molecule has 0 saturated heterocycles. The smallest absolute Gasteiger partial charge is 0.316 e. The maximum Gasteiger partial charge on any atom is 0.316 e. The molecule has 12 nitrogen and oxygen atoms in total. The summed E-state index contributed by atoms with van der Waals surface area (Å²) in [5, 5.41) is 0. The highest BCUT2D eigenvalue weighted by molar-refractivity contribution is 5.79. The van der Waals surface area contributed by atoms with E-state index < -0.39 is 5.41 Å². The number of benzene rings is 2. The fourth-order valence-electron chi connectivity index (χ4n) is 12.8. The first kappa shape index (κ1) is 114. The minimum absolute atomic E-state index is 0.0134. The first-order chi connectivity index (χ1) is 52.7. The molecule has 12 heteroatoms. The Bertz CT molecular complexity index is 3190. The molecule has 2 aromatic carbocycles.